The van der Waals surface area contributed by atoms with E-state index in [1.807, 2.05) is 45.9 Å². The highest BCUT2D eigenvalue weighted by molar-refractivity contribution is 14.0. The highest BCUT2D eigenvalue weighted by atomic mass is 127. The molecular weight excluding hydrogens is 417 g/mol. The molecule has 1 rings (SSSR count). The summed E-state index contributed by atoms with van der Waals surface area (Å²) in [6.45, 7) is 11.2. The van der Waals surface area contributed by atoms with Gasteiger partial charge in [0, 0.05) is 13.1 Å². The maximum absolute atomic E-state index is 11.7. The molecule has 0 aliphatic heterocycles. The minimum atomic E-state index is -0.486. The van der Waals surface area contributed by atoms with E-state index in [0.29, 0.717) is 11.9 Å². The maximum atomic E-state index is 11.7. The Morgan fingerprint density at radius 1 is 1.21 bits per heavy atom. The smallest absolute Gasteiger partial charge is 0.328 e. The van der Waals surface area contributed by atoms with E-state index in [1.54, 1.807) is 0 Å². The van der Waals surface area contributed by atoms with E-state index in [0.717, 1.165) is 13.1 Å². The van der Waals surface area contributed by atoms with Crippen LogP contribution in [0.25, 0.3) is 0 Å². The van der Waals surface area contributed by atoms with Crippen LogP contribution in [0.2, 0.25) is 0 Å². The zero-order chi connectivity index (χ0) is 17.3. The molecule has 1 atom stereocenters. The van der Waals surface area contributed by atoms with E-state index < -0.39 is 5.60 Å². The molecule has 0 aliphatic carbocycles. The molecule has 0 radical (unpaired) electrons. The van der Waals surface area contributed by atoms with Crippen LogP contribution in [0, 0.1) is 0 Å². The fraction of sp³-hybridized carbons (Fsp3) is 0.556. The van der Waals surface area contributed by atoms with Crippen molar-refractivity contribution in [2.75, 3.05) is 19.6 Å². The molecule has 24 heavy (non-hydrogen) atoms. The number of nitrogens with zero attached hydrogens (tertiary/aromatic N) is 1. The lowest BCUT2D eigenvalue weighted by Crippen LogP contribution is -2.39. The molecule has 6 heteroatoms. The maximum Gasteiger partial charge on any atom is 0.328 e. The third-order valence-corrected chi connectivity index (χ3v) is 3.07. The number of ether oxygens (including phenoxy) is 1. The monoisotopic (exact) mass is 447 g/mol. The van der Waals surface area contributed by atoms with Crippen LogP contribution in [0.1, 0.15) is 46.1 Å². The lowest BCUT2D eigenvalue weighted by atomic mass is 10.0. The number of esters is 1. The normalized spacial score (nSPS) is 12.8. The Kier molecular flexibility index (Phi) is 10.7. The van der Waals surface area contributed by atoms with Gasteiger partial charge in [-0.3, -0.25) is 4.79 Å². The Labute approximate surface area is 162 Å². The first-order valence-electron chi connectivity index (χ1n) is 8.10. The van der Waals surface area contributed by atoms with E-state index in [-0.39, 0.29) is 36.5 Å². The summed E-state index contributed by atoms with van der Waals surface area (Å²) >= 11 is 0. The van der Waals surface area contributed by atoms with Crippen molar-refractivity contribution in [3.05, 3.63) is 35.9 Å². The summed E-state index contributed by atoms with van der Waals surface area (Å²) in [5.41, 5.74) is 0.781. The van der Waals surface area contributed by atoms with Crippen LogP contribution >= 0.6 is 24.0 Å². The summed E-state index contributed by atoms with van der Waals surface area (Å²) in [5, 5.41) is 6.41. The first-order chi connectivity index (χ1) is 10.8. The molecule has 1 aromatic rings. The number of carbonyl (C=O) groups excluding carboxylic acids is 1. The zero-order valence-corrected chi connectivity index (χ0v) is 17.6. The Balaban J connectivity index is 0.00000529. The summed E-state index contributed by atoms with van der Waals surface area (Å²) < 4.78 is 5.26. The standard InChI is InChI=1S/C18H29N3O2.HI/c1-6-19-17(21-13-16(22)23-18(3,4)5)20-12-14(2)15-10-8-7-9-11-15;/h7-11,14H,6,12-13H2,1-5H3,(H2,19,20,21);1H. The molecule has 2 N–H and O–H groups in total. The molecule has 1 aromatic carbocycles. The molecular formula is C18H30IN3O2. The molecule has 0 aliphatic rings. The Hall–Kier alpha value is -1.31. The Bertz CT molecular complexity index is 513. The fourth-order valence-electron chi connectivity index (χ4n) is 2.01. The molecule has 5 nitrogen and oxygen atoms in total. The minimum Gasteiger partial charge on any atom is -0.459 e. The van der Waals surface area contributed by atoms with E-state index in [9.17, 15) is 4.79 Å². The third kappa shape index (κ3) is 9.75. The highest BCUT2D eigenvalue weighted by Gasteiger charge is 2.16. The second-order valence-electron chi connectivity index (χ2n) is 6.47. The molecule has 136 valence electrons. The van der Waals surface area contributed by atoms with Gasteiger partial charge in [-0.05, 0) is 39.2 Å². The van der Waals surface area contributed by atoms with E-state index in [4.69, 9.17) is 4.74 Å². The van der Waals surface area contributed by atoms with Gasteiger partial charge in [0.2, 0.25) is 0 Å². The van der Waals surface area contributed by atoms with E-state index in [1.165, 1.54) is 5.56 Å². The average Bonchev–Trinajstić information content (AvgIpc) is 2.49. The van der Waals surface area contributed by atoms with Gasteiger partial charge in [0.05, 0.1) is 0 Å². The second-order valence-corrected chi connectivity index (χ2v) is 6.47. The van der Waals surface area contributed by atoms with Gasteiger partial charge in [-0.15, -0.1) is 24.0 Å². The average molecular weight is 447 g/mol. The number of guanidine groups is 1. The van der Waals surface area contributed by atoms with Crippen LogP contribution in [0.15, 0.2) is 35.3 Å². The van der Waals surface area contributed by atoms with Crippen LogP contribution in [0.5, 0.6) is 0 Å². The van der Waals surface area contributed by atoms with Gasteiger partial charge in [-0.25, -0.2) is 4.99 Å². The lowest BCUT2D eigenvalue weighted by molar-refractivity contribution is -0.152. The fourth-order valence-corrected chi connectivity index (χ4v) is 2.01. The van der Waals surface area contributed by atoms with Crippen molar-refractivity contribution in [1.82, 2.24) is 10.6 Å². The molecule has 0 bridgehead atoms. The second kappa shape index (κ2) is 11.3. The third-order valence-electron chi connectivity index (χ3n) is 3.07. The number of nitrogens with one attached hydrogen (secondary N) is 2. The van der Waals surface area contributed by atoms with Crippen molar-refractivity contribution >= 4 is 35.9 Å². The molecule has 0 saturated carbocycles. The SMILES string of the molecule is CCNC(=NCC(=O)OC(C)(C)C)NCC(C)c1ccccc1.I. The number of hydrogen-bond donors (Lipinski definition) is 2. The summed E-state index contributed by atoms with van der Waals surface area (Å²) in [6, 6.07) is 10.3. The van der Waals surface area contributed by atoms with Crippen molar-refractivity contribution < 1.29 is 9.53 Å². The van der Waals surface area contributed by atoms with Crippen molar-refractivity contribution in [3.8, 4) is 0 Å². The van der Waals surface area contributed by atoms with Gasteiger partial charge < -0.3 is 15.4 Å². The van der Waals surface area contributed by atoms with Crippen LogP contribution in [-0.4, -0.2) is 37.2 Å². The number of hydrogen-bond acceptors (Lipinski definition) is 3. The Morgan fingerprint density at radius 3 is 2.38 bits per heavy atom. The van der Waals surface area contributed by atoms with Gasteiger partial charge in [-0.1, -0.05) is 37.3 Å². The number of rotatable bonds is 6. The number of carbonyl (C=O) groups is 1. The molecule has 0 heterocycles. The van der Waals surface area contributed by atoms with Crippen molar-refractivity contribution in [2.45, 2.75) is 46.1 Å². The number of benzene rings is 1. The first-order valence-corrected chi connectivity index (χ1v) is 8.10. The van der Waals surface area contributed by atoms with Crippen LogP contribution < -0.4 is 10.6 Å². The van der Waals surface area contributed by atoms with Gasteiger partial charge in [0.25, 0.3) is 0 Å². The summed E-state index contributed by atoms with van der Waals surface area (Å²) in [4.78, 5) is 16.0. The molecule has 0 saturated heterocycles. The van der Waals surface area contributed by atoms with Crippen molar-refractivity contribution in [3.63, 3.8) is 0 Å². The van der Waals surface area contributed by atoms with Crippen molar-refractivity contribution in [2.24, 2.45) is 4.99 Å². The van der Waals surface area contributed by atoms with Crippen LogP contribution in [0.3, 0.4) is 0 Å². The largest absolute Gasteiger partial charge is 0.459 e. The van der Waals surface area contributed by atoms with Gasteiger partial charge in [0.15, 0.2) is 5.96 Å². The van der Waals surface area contributed by atoms with Gasteiger partial charge in [-0.2, -0.15) is 0 Å². The topological polar surface area (TPSA) is 62.7 Å². The minimum absolute atomic E-state index is 0. The summed E-state index contributed by atoms with van der Waals surface area (Å²) in [7, 11) is 0. The molecule has 0 amide bonds. The molecule has 0 aromatic heterocycles. The number of halogens is 1. The van der Waals surface area contributed by atoms with Gasteiger partial charge >= 0.3 is 5.97 Å². The quantitative estimate of drug-likeness (QED) is 0.304. The van der Waals surface area contributed by atoms with Gasteiger partial charge in [0.1, 0.15) is 12.1 Å². The van der Waals surface area contributed by atoms with Crippen LogP contribution in [-0.2, 0) is 9.53 Å². The summed E-state index contributed by atoms with van der Waals surface area (Å²) in [6.07, 6.45) is 0. The predicted octanol–water partition coefficient (Wildman–Crippen LogP) is 3.30. The lowest BCUT2D eigenvalue weighted by Gasteiger charge is -2.19. The number of aliphatic imine (C=N–C) groups is 1. The van der Waals surface area contributed by atoms with Crippen molar-refractivity contribution in [1.29, 1.82) is 0 Å². The van der Waals surface area contributed by atoms with E-state index in [2.05, 4.69) is 34.7 Å². The predicted molar refractivity (Wildman–Crippen MR) is 110 cm³/mol. The first kappa shape index (κ1) is 22.7. The van der Waals surface area contributed by atoms with Crippen LogP contribution in [0.4, 0.5) is 0 Å². The van der Waals surface area contributed by atoms with E-state index >= 15 is 0 Å². The Morgan fingerprint density at radius 2 is 1.83 bits per heavy atom. The molecule has 0 fully saturated rings. The summed E-state index contributed by atoms with van der Waals surface area (Å²) in [5.74, 6) is 0.647. The highest BCUT2D eigenvalue weighted by Crippen LogP contribution is 2.12. The molecule has 1 unspecified atom stereocenters. The molecule has 0 spiro atoms. The zero-order valence-electron chi connectivity index (χ0n) is 15.3.